The zero-order chi connectivity index (χ0) is 15.0. The number of nitrogens with one attached hydrogen (secondary N) is 1. The van der Waals surface area contributed by atoms with Crippen LogP contribution in [0.1, 0.15) is 37.6 Å². The molecule has 0 saturated carbocycles. The fraction of sp³-hybridized carbons (Fsp3) is 0.500. The molecule has 0 amide bonds. The maximum atomic E-state index is 12.9. The number of piperidine rings is 1. The molecule has 0 bridgehead atoms. The van der Waals surface area contributed by atoms with Gasteiger partial charge in [-0.3, -0.25) is 9.69 Å². The summed E-state index contributed by atoms with van der Waals surface area (Å²) in [5.74, 6) is 1.58. The van der Waals surface area contributed by atoms with Gasteiger partial charge in [-0.15, -0.1) is 0 Å². The first-order chi connectivity index (χ1) is 10.1. The summed E-state index contributed by atoms with van der Waals surface area (Å²) in [4.78, 5) is 18.4. The van der Waals surface area contributed by atoms with Crippen LogP contribution in [0.15, 0.2) is 30.5 Å². The molecule has 1 fully saturated rings. The molecule has 1 aliphatic heterocycles. The van der Waals surface area contributed by atoms with Gasteiger partial charge in [0.25, 0.3) is 0 Å². The number of carbonyl (C=O) groups is 1. The van der Waals surface area contributed by atoms with E-state index in [1.807, 2.05) is 30.5 Å². The van der Waals surface area contributed by atoms with Crippen LogP contribution in [0.2, 0.25) is 0 Å². The monoisotopic (exact) mass is 284 g/mol. The molecule has 0 unspecified atom stereocenters. The number of carbonyl (C=O) groups excluding carboxylic acids is 1. The highest BCUT2D eigenvalue weighted by Gasteiger charge is 2.30. The number of Topliss-reactive ketones (excluding diaryl/α,β-unsaturated/α-hetero) is 1. The minimum atomic E-state index is -0.0468. The fourth-order valence-electron chi connectivity index (χ4n) is 3.69. The Bertz CT molecular complexity index is 635. The largest absolute Gasteiger partial charge is 0.360 e. The van der Waals surface area contributed by atoms with Crippen molar-refractivity contribution in [3.05, 3.63) is 36.0 Å². The van der Waals surface area contributed by atoms with E-state index in [9.17, 15) is 4.79 Å². The molecule has 1 saturated heterocycles. The predicted octanol–water partition coefficient (Wildman–Crippen LogP) is 3.72. The second-order valence-electron chi connectivity index (χ2n) is 6.69. The highest BCUT2D eigenvalue weighted by atomic mass is 16.1. The van der Waals surface area contributed by atoms with E-state index in [-0.39, 0.29) is 11.8 Å². The van der Waals surface area contributed by atoms with Gasteiger partial charge in [-0.25, -0.2) is 0 Å². The number of benzene rings is 1. The first-order valence-corrected chi connectivity index (χ1v) is 7.90. The molecule has 3 atom stereocenters. The van der Waals surface area contributed by atoms with Crippen molar-refractivity contribution in [3.8, 4) is 0 Å². The van der Waals surface area contributed by atoms with Crippen molar-refractivity contribution in [2.24, 2.45) is 11.8 Å². The molecule has 112 valence electrons. The molecule has 1 aromatic carbocycles. The highest BCUT2D eigenvalue weighted by Crippen LogP contribution is 2.25. The first kappa shape index (κ1) is 14.3. The molecule has 1 aromatic heterocycles. The van der Waals surface area contributed by atoms with Gasteiger partial charge in [0, 0.05) is 35.8 Å². The summed E-state index contributed by atoms with van der Waals surface area (Å²) in [6.45, 7) is 8.67. The Hall–Kier alpha value is -1.61. The van der Waals surface area contributed by atoms with Crippen LogP contribution in [-0.4, -0.2) is 34.8 Å². The predicted molar refractivity (Wildman–Crippen MR) is 86.6 cm³/mol. The SMILES string of the molecule is C[C@H]1C[C@H](C)CN([C@@H](C)C(=O)c2c[nH]c3ccccc23)C1. The number of rotatable bonds is 3. The molecular formula is C18H24N2O. The van der Waals surface area contributed by atoms with Crippen molar-refractivity contribution >= 4 is 16.7 Å². The molecule has 3 rings (SSSR count). The third kappa shape index (κ3) is 2.75. The van der Waals surface area contributed by atoms with Crippen LogP contribution in [0.25, 0.3) is 10.9 Å². The number of ketones is 1. The molecule has 2 aromatic rings. The van der Waals surface area contributed by atoms with Gasteiger partial charge in [-0.1, -0.05) is 32.0 Å². The lowest BCUT2D eigenvalue weighted by atomic mass is 9.90. The van der Waals surface area contributed by atoms with Crippen LogP contribution in [0.5, 0.6) is 0 Å². The fourth-order valence-corrected chi connectivity index (χ4v) is 3.69. The molecule has 1 aliphatic rings. The van der Waals surface area contributed by atoms with Gasteiger partial charge in [0.1, 0.15) is 0 Å². The smallest absolute Gasteiger partial charge is 0.181 e. The Balaban J connectivity index is 1.84. The number of likely N-dealkylation sites (tertiary alicyclic amines) is 1. The average Bonchev–Trinajstić information content (AvgIpc) is 2.88. The van der Waals surface area contributed by atoms with Crippen molar-refractivity contribution < 1.29 is 4.79 Å². The Morgan fingerprint density at radius 1 is 1.24 bits per heavy atom. The number of H-pyrrole nitrogens is 1. The van der Waals surface area contributed by atoms with E-state index in [1.54, 1.807) is 0 Å². The maximum Gasteiger partial charge on any atom is 0.181 e. The van der Waals surface area contributed by atoms with Crippen molar-refractivity contribution in [1.29, 1.82) is 0 Å². The standard InChI is InChI=1S/C18H24N2O/c1-12-8-13(2)11-20(10-12)14(3)18(21)16-9-19-17-7-5-4-6-15(16)17/h4-7,9,12-14,19H,8,10-11H2,1-3H3/t12-,13-,14-/m0/s1. The summed E-state index contributed by atoms with van der Waals surface area (Å²) in [5, 5.41) is 1.03. The Morgan fingerprint density at radius 2 is 1.90 bits per heavy atom. The zero-order valence-electron chi connectivity index (χ0n) is 13.1. The van der Waals surface area contributed by atoms with Gasteiger partial charge < -0.3 is 4.98 Å². The van der Waals surface area contributed by atoms with E-state index in [1.165, 1.54) is 6.42 Å². The number of para-hydroxylation sites is 1. The molecule has 0 radical (unpaired) electrons. The van der Waals surface area contributed by atoms with Gasteiger partial charge in [0.2, 0.25) is 0 Å². The molecule has 2 heterocycles. The zero-order valence-corrected chi connectivity index (χ0v) is 13.1. The second-order valence-corrected chi connectivity index (χ2v) is 6.69. The van der Waals surface area contributed by atoms with Crippen LogP contribution >= 0.6 is 0 Å². The molecule has 1 N–H and O–H groups in total. The number of nitrogens with zero attached hydrogens (tertiary/aromatic N) is 1. The molecule has 3 heteroatoms. The van der Waals surface area contributed by atoms with Gasteiger partial charge in [0.05, 0.1) is 6.04 Å². The molecule has 0 aliphatic carbocycles. The van der Waals surface area contributed by atoms with E-state index in [0.717, 1.165) is 29.6 Å². The normalized spacial score (nSPS) is 25.1. The third-order valence-corrected chi connectivity index (χ3v) is 4.68. The summed E-state index contributed by atoms with van der Waals surface area (Å²) in [6.07, 6.45) is 3.13. The summed E-state index contributed by atoms with van der Waals surface area (Å²) in [5.41, 5.74) is 1.86. The van der Waals surface area contributed by atoms with Crippen LogP contribution in [0, 0.1) is 11.8 Å². The number of hydrogen-bond donors (Lipinski definition) is 1. The number of aromatic nitrogens is 1. The Labute approximate surface area is 126 Å². The van der Waals surface area contributed by atoms with Gasteiger partial charge in [-0.05, 0) is 31.2 Å². The van der Waals surface area contributed by atoms with Crippen molar-refractivity contribution in [3.63, 3.8) is 0 Å². The number of hydrogen-bond acceptors (Lipinski definition) is 2. The van der Waals surface area contributed by atoms with Crippen LogP contribution in [0.4, 0.5) is 0 Å². The molecule has 3 nitrogen and oxygen atoms in total. The minimum Gasteiger partial charge on any atom is -0.360 e. The lowest BCUT2D eigenvalue weighted by molar-refractivity contribution is 0.0688. The Morgan fingerprint density at radius 3 is 2.62 bits per heavy atom. The van der Waals surface area contributed by atoms with Crippen LogP contribution < -0.4 is 0 Å². The van der Waals surface area contributed by atoms with E-state index in [2.05, 4.69) is 30.7 Å². The number of aromatic amines is 1. The van der Waals surface area contributed by atoms with Crippen molar-refractivity contribution in [2.75, 3.05) is 13.1 Å². The quantitative estimate of drug-likeness (QED) is 0.872. The van der Waals surface area contributed by atoms with Crippen LogP contribution in [-0.2, 0) is 0 Å². The topological polar surface area (TPSA) is 36.1 Å². The van der Waals surface area contributed by atoms with E-state index in [4.69, 9.17) is 0 Å². The summed E-state index contributed by atoms with van der Waals surface area (Å²) in [7, 11) is 0. The highest BCUT2D eigenvalue weighted by molar-refractivity contribution is 6.10. The lowest BCUT2D eigenvalue weighted by Gasteiger charge is -2.38. The number of fused-ring (bicyclic) bond motifs is 1. The van der Waals surface area contributed by atoms with Crippen molar-refractivity contribution in [1.82, 2.24) is 9.88 Å². The second kappa shape index (κ2) is 5.64. The average molecular weight is 284 g/mol. The lowest BCUT2D eigenvalue weighted by Crippen LogP contribution is -2.47. The molecule has 21 heavy (non-hydrogen) atoms. The molecular weight excluding hydrogens is 260 g/mol. The molecule has 0 spiro atoms. The van der Waals surface area contributed by atoms with E-state index < -0.39 is 0 Å². The summed E-state index contributed by atoms with van der Waals surface area (Å²) >= 11 is 0. The maximum absolute atomic E-state index is 12.9. The van der Waals surface area contributed by atoms with Crippen molar-refractivity contribution in [2.45, 2.75) is 33.2 Å². The van der Waals surface area contributed by atoms with Gasteiger partial charge >= 0.3 is 0 Å². The van der Waals surface area contributed by atoms with E-state index >= 15 is 0 Å². The summed E-state index contributed by atoms with van der Waals surface area (Å²) < 4.78 is 0. The van der Waals surface area contributed by atoms with Crippen LogP contribution in [0.3, 0.4) is 0 Å². The Kier molecular flexibility index (Phi) is 3.85. The van der Waals surface area contributed by atoms with Gasteiger partial charge in [-0.2, -0.15) is 0 Å². The van der Waals surface area contributed by atoms with E-state index in [0.29, 0.717) is 11.8 Å². The third-order valence-electron chi connectivity index (χ3n) is 4.68. The first-order valence-electron chi connectivity index (χ1n) is 7.90. The minimum absolute atomic E-state index is 0.0468. The van der Waals surface area contributed by atoms with Gasteiger partial charge in [0.15, 0.2) is 5.78 Å². The summed E-state index contributed by atoms with van der Waals surface area (Å²) in [6, 6.07) is 7.97.